The molecule has 0 bridgehead atoms. The second-order valence-electron chi connectivity index (χ2n) is 6.82. The number of amides is 1. The Balaban J connectivity index is 1.55. The molecule has 1 N–H and O–H groups in total. The molecule has 0 radical (unpaired) electrons. The van der Waals surface area contributed by atoms with Crippen LogP contribution >= 0.6 is 0 Å². The maximum Gasteiger partial charge on any atom is 0.298 e. The molecule has 4 nitrogen and oxygen atoms in total. The number of anilines is 1. The van der Waals surface area contributed by atoms with Crippen molar-refractivity contribution in [2.24, 2.45) is 0 Å². The maximum atomic E-state index is 12.8. The van der Waals surface area contributed by atoms with Crippen LogP contribution in [-0.4, -0.2) is 16.3 Å². The molecule has 0 spiro atoms. The summed E-state index contributed by atoms with van der Waals surface area (Å²) < 4.78 is 1.80. The summed E-state index contributed by atoms with van der Waals surface area (Å²) in [4.78, 5) is 25.4. The molecule has 1 heterocycles. The molecule has 0 aliphatic carbocycles. The number of hydrogen-bond donors (Lipinski definition) is 1. The molecular formula is C24H20N2O2. The van der Waals surface area contributed by atoms with Gasteiger partial charge in [0.25, 0.3) is 11.7 Å². The first kappa shape index (κ1) is 17.7. The Morgan fingerprint density at radius 1 is 0.857 bits per heavy atom. The quantitative estimate of drug-likeness (QED) is 0.406. The lowest BCUT2D eigenvalue weighted by Crippen LogP contribution is -2.25. The molecule has 4 heteroatoms. The third-order valence-electron chi connectivity index (χ3n) is 4.78. The summed E-state index contributed by atoms with van der Waals surface area (Å²) in [6, 6.07) is 25.0. The first-order valence-corrected chi connectivity index (χ1v) is 9.16. The molecular weight excluding hydrogens is 348 g/mol. The van der Waals surface area contributed by atoms with E-state index in [0.717, 1.165) is 16.3 Å². The minimum Gasteiger partial charge on any atom is -0.340 e. The van der Waals surface area contributed by atoms with E-state index in [1.807, 2.05) is 73.8 Å². The number of rotatable bonds is 5. The van der Waals surface area contributed by atoms with Crippen molar-refractivity contribution in [3.63, 3.8) is 0 Å². The number of ketones is 1. The van der Waals surface area contributed by atoms with Gasteiger partial charge < -0.3 is 9.88 Å². The molecule has 0 atom stereocenters. The van der Waals surface area contributed by atoms with Crippen molar-refractivity contribution >= 4 is 28.2 Å². The molecule has 0 saturated heterocycles. The van der Waals surface area contributed by atoms with Gasteiger partial charge in [0, 0.05) is 23.8 Å². The zero-order valence-corrected chi connectivity index (χ0v) is 15.6. The van der Waals surface area contributed by atoms with Crippen LogP contribution in [0, 0.1) is 6.92 Å². The highest BCUT2D eigenvalue weighted by atomic mass is 16.2. The van der Waals surface area contributed by atoms with Crippen LogP contribution in [0.1, 0.15) is 21.6 Å². The largest absolute Gasteiger partial charge is 0.340 e. The van der Waals surface area contributed by atoms with Crippen LogP contribution < -0.4 is 5.32 Å². The predicted molar refractivity (Wildman–Crippen MR) is 112 cm³/mol. The van der Waals surface area contributed by atoms with Crippen molar-refractivity contribution in [3.8, 4) is 0 Å². The standard InChI is InChI=1S/C24H20N2O2/c1-17-11-13-18(14-12-17)16-26-15-5-10-22(26)23(27)24(28)25-21-9-4-7-19-6-2-3-8-20(19)21/h2-15H,16H2,1H3,(H,25,28). The molecule has 138 valence electrons. The molecule has 0 fully saturated rings. The first-order valence-electron chi connectivity index (χ1n) is 9.16. The van der Waals surface area contributed by atoms with E-state index in [0.29, 0.717) is 17.9 Å². The van der Waals surface area contributed by atoms with Gasteiger partial charge >= 0.3 is 0 Å². The van der Waals surface area contributed by atoms with Crippen molar-refractivity contribution in [2.45, 2.75) is 13.5 Å². The average Bonchev–Trinajstić information content (AvgIpc) is 3.17. The smallest absolute Gasteiger partial charge is 0.298 e. The van der Waals surface area contributed by atoms with Gasteiger partial charge in [0.2, 0.25) is 0 Å². The monoisotopic (exact) mass is 368 g/mol. The van der Waals surface area contributed by atoms with Gasteiger partial charge in [0.1, 0.15) is 0 Å². The van der Waals surface area contributed by atoms with E-state index >= 15 is 0 Å². The van der Waals surface area contributed by atoms with E-state index in [1.165, 1.54) is 5.56 Å². The summed E-state index contributed by atoms with van der Waals surface area (Å²) in [6.07, 6.45) is 1.82. The molecule has 0 saturated carbocycles. The van der Waals surface area contributed by atoms with Crippen molar-refractivity contribution < 1.29 is 9.59 Å². The predicted octanol–water partition coefficient (Wildman–Crippen LogP) is 4.82. The van der Waals surface area contributed by atoms with Crippen LogP contribution in [0.15, 0.2) is 85.1 Å². The Morgan fingerprint density at radius 3 is 2.43 bits per heavy atom. The van der Waals surface area contributed by atoms with Crippen LogP contribution in [-0.2, 0) is 11.3 Å². The zero-order valence-electron chi connectivity index (χ0n) is 15.6. The Morgan fingerprint density at radius 2 is 1.61 bits per heavy atom. The number of hydrogen-bond acceptors (Lipinski definition) is 2. The van der Waals surface area contributed by atoms with E-state index in [1.54, 1.807) is 22.8 Å². The van der Waals surface area contributed by atoms with Crippen molar-refractivity contribution in [2.75, 3.05) is 5.32 Å². The van der Waals surface area contributed by atoms with E-state index in [-0.39, 0.29) is 0 Å². The highest BCUT2D eigenvalue weighted by Crippen LogP contribution is 2.23. The lowest BCUT2D eigenvalue weighted by Gasteiger charge is -2.11. The molecule has 1 amide bonds. The highest BCUT2D eigenvalue weighted by molar-refractivity contribution is 6.46. The van der Waals surface area contributed by atoms with Gasteiger partial charge in [-0.3, -0.25) is 9.59 Å². The minimum absolute atomic E-state index is 0.373. The van der Waals surface area contributed by atoms with Crippen LogP contribution in [0.25, 0.3) is 10.8 Å². The van der Waals surface area contributed by atoms with Crippen LogP contribution in [0.3, 0.4) is 0 Å². The Kier molecular flexibility index (Phi) is 4.77. The molecule has 0 aliphatic heterocycles. The lowest BCUT2D eigenvalue weighted by atomic mass is 10.1. The van der Waals surface area contributed by atoms with E-state index in [4.69, 9.17) is 0 Å². The summed E-state index contributed by atoms with van der Waals surface area (Å²) in [5.74, 6) is -1.19. The van der Waals surface area contributed by atoms with Crippen LogP contribution in [0.2, 0.25) is 0 Å². The summed E-state index contributed by atoms with van der Waals surface area (Å²) >= 11 is 0. The van der Waals surface area contributed by atoms with E-state index in [2.05, 4.69) is 5.32 Å². The SMILES string of the molecule is Cc1ccc(Cn2cccc2C(=O)C(=O)Nc2cccc3ccccc23)cc1. The fourth-order valence-electron chi connectivity index (χ4n) is 3.28. The molecule has 4 aromatic rings. The Labute approximate surface area is 163 Å². The lowest BCUT2D eigenvalue weighted by molar-refractivity contribution is -0.112. The van der Waals surface area contributed by atoms with E-state index in [9.17, 15) is 9.59 Å². The minimum atomic E-state index is -0.639. The van der Waals surface area contributed by atoms with Crippen molar-refractivity contribution in [1.29, 1.82) is 0 Å². The number of nitrogens with one attached hydrogen (secondary N) is 1. The number of nitrogens with zero attached hydrogens (tertiary/aromatic N) is 1. The summed E-state index contributed by atoms with van der Waals surface area (Å²) in [5.41, 5.74) is 3.26. The third kappa shape index (κ3) is 3.58. The molecule has 0 aliphatic rings. The number of Topliss-reactive ketones (excluding diaryl/α,β-unsaturated/α-hetero) is 1. The van der Waals surface area contributed by atoms with Crippen molar-refractivity contribution in [3.05, 3.63) is 102 Å². The number of aromatic nitrogens is 1. The van der Waals surface area contributed by atoms with E-state index < -0.39 is 11.7 Å². The van der Waals surface area contributed by atoms with Gasteiger partial charge in [-0.25, -0.2) is 0 Å². The molecule has 28 heavy (non-hydrogen) atoms. The van der Waals surface area contributed by atoms with Gasteiger partial charge in [-0.2, -0.15) is 0 Å². The maximum absolute atomic E-state index is 12.8. The second kappa shape index (κ2) is 7.53. The molecule has 3 aromatic carbocycles. The highest BCUT2D eigenvalue weighted by Gasteiger charge is 2.20. The Bertz CT molecular complexity index is 1150. The number of carbonyl (C=O) groups is 2. The fourth-order valence-corrected chi connectivity index (χ4v) is 3.28. The topological polar surface area (TPSA) is 51.1 Å². The average molecular weight is 368 g/mol. The van der Waals surface area contributed by atoms with Gasteiger partial charge in [0.05, 0.1) is 5.69 Å². The van der Waals surface area contributed by atoms with Gasteiger partial charge in [0.15, 0.2) is 0 Å². The van der Waals surface area contributed by atoms with Crippen LogP contribution in [0.4, 0.5) is 5.69 Å². The number of benzene rings is 3. The fraction of sp³-hybridized carbons (Fsp3) is 0.0833. The van der Waals surface area contributed by atoms with Gasteiger partial charge in [-0.1, -0.05) is 66.2 Å². The molecule has 4 rings (SSSR count). The van der Waals surface area contributed by atoms with Crippen molar-refractivity contribution in [1.82, 2.24) is 4.57 Å². The summed E-state index contributed by atoms with van der Waals surface area (Å²) in [6.45, 7) is 2.57. The summed E-state index contributed by atoms with van der Waals surface area (Å²) in [5, 5.41) is 4.68. The van der Waals surface area contributed by atoms with Gasteiger partial charge in [-0.05, 0) is 36.1 Å². The third-order valence-corrected chi connectivity index (χ3v) is 4.78. The summed E-state index contributed by atoms with van der Waals surface area (Å²) in [7, 11) is 0. The second-order valence-corrected chi connectivity index (χ2v) is 6.82. The normalized spacial score (nSPS) is 10.8. The van der Waals surface area contributed by atoms with Crippen LogP contribution in [0.5, 0.6) is 0 Å². The molecule has 0 unspecified atom stereocenters. The number of fused-ring (bicyclic) bond motifs is 1. The number of carbonyl (C=O) groups excluding carboxylic acids is 2. The van der Waals surface area contributed by atoms with Gasteiger partial charge in [-0.15, -0.1) is 0 Å². The zero-order chi connectivity index (χ0) is 19.5. The molecule has 1 aromatic heterocycles. The number of aryl methyl sites for hydroxylation is 1. The first-order chi connectivity index (χ1) is 13.6. The Hall–Kier alpha value is -3.66.